The van der Waals surface area contributed by atoms with E-state index in [1.54, 1.807) is 22.4 Å². The van der Waals surface area contributed by atoms with Gasteiger partial charge in [-0.1, -0.05) is 6.07 Å². The zero-order valence-corrected chi connectivity index (χ0v) is 12.6. The van der Waals surface area contributed by atoms with E-state index >= 15 is 0 Å². The van der Waals surface area contributed by atoms with Gasteiger partial charge < -0.3 is 10.2 Å². The number of hydrogen-bond acceptors (Lipinski definition) is 3. The van der Waals surface area contributed by atoms with Gasteiger partial charge in [0.25, 0.3) is 0 Å². The van der Waals surface area contributed by atoms with Gasteiger partial charge in [-0.25, -0.2) is 4.79 Å². The number of thiophene rings is 1. The summed E-state index contributed by atoms with van der Waals surface area (Å²) in [4.78, 5) is 19.1. The molecule has 2 aromatic rings. The van der Waals surface area contributed by atoms with Gasteiger partial charge in [0.15, 0.2) is 0 Å². The van der Waals surface area contributed by atoms with Crippen molar-refractivity contribution in [2.45, 2.75) is 19.9 Å². The molecule has 0 spiro atoms. The summed E-state index contributed by atoms with van der Waals surface area (Å²) in [6, 6.07) is 7.83. The van der Waals surface area contributed by atoms with E-state index in [2.05, 4.69) is 28.7 Å². The molecule has 2 amide bonds. The fourth-order valence-electron chi connectivity index (χ4n) is 1.83. The number of aromatic nitrogens is 1. The van der Waals surface area contributed by atoms with Crippen molar-refractivity contribution >= 4 is 17.4 Å². The average molecular weight is 289 g/mol. The third-order valence-electron chi connectivity index (χ3n) is 3.08. The van der Waals surface area contributed by atoms with Crippen molar-refractivity contribution in [3.8, 4) is 0 Å². The topological polar surface area (TPSA) is 45.2 Å². The summed E-state index contributed by atoms with van der Waals surface area (Å²) >= 11 is 1.68. The molecule has 1 N–H and O–H groups in total. The Bertz CT molecular complexity index is 553. The van der Waals surface area contributed by atoms with Crippen molar-refractivity contribution < 1.29 is 4.79 Å². The van der Waals surface area contributed by atoms with Gasteiger partial charge in [0, 0.05) is 36.8 Å². The van der Waals surface area contributed by atoms with E-state index in [1.165, 1.54) is 10.4 Å². The smallest absolute Gasteiger partial charge is 0.317 e. The SMILES string of the molecule is Cc1ccsc1CN(C)C(=O)NCCc1ccccn1. The van der Waals surface area contributed by atoms with Gasteiger partial charge in [-0.3, -0.25) is 4.98 Å². The van der Waals surface area contributed by atoms with Gasteiger partial charge in [-0.05, 0) is 36.1 Å². The molecule has 0 fully saturated rings. The number of nitrogens with one attached hydrogen (secondary N) is 1. The van der Waals surface area contributed by atoms with Crippen molar-refractivity contribution in [2.24, 2.45) is 0 Å². The van der Waals surface area contributed by atoms with E-state index in [9.17, 15) is 4.79 Å². The molecule has 0 saturated heterocycles. The first-order valence-electron chi connectivity index (χ1n) is 6.58. The van der Waals surface area contributed by atoms with Crippen LogP contribution in [-0.2, 0) is 13.0 Å². The van der Waals surface area contributed by atoms with E-state index in [-0.39, 0.29) is 6.03 Å². The molecule has 0 aliphatic rings. The molecule has 0 atom stereocenters. The number of aryl methyl sites for hydroxylation is 1. The molecule has 0 radical (unpaired) electrons. The van der Waals surface area contributed by atoms with Crippen LogP contribution in [0.4, 0.5) is 4.79 Å². The predicted octanol–water partition coefficient (Wildman–Crippen LogP) is 2.84. The van der Waals surface area contributed by atoms with E-state index < -0.39 is 0 Å². The van der Waals surface area contributed by atoms with E-state index in [4.69, 9.17) is 0 Å². The van der Waals surface area contributed by atoms with Crippen LogP contribution in [0.2, 0.25) is 0 Å². The molecule has 0 bridgehead atoms. The van der Waals surface area contributed by atoms with Gasteiger partial charge >= 0.3 is 6.03 Å². The second kappa shape index (κ2) is 7.05. The minimum Gasteiger partial charge on any atom is -0.338 e. The largest absolute Gasteiger partial charge is 0.338 e. The molecule has 2 rings (SSSR count). The Balaban J connectivity index is 1.76. The lowest BCUT2D eigenvalue weighted by molar-refractivity contribution is 0.207. The van der Waals surface area contributed by atoms with Crippen LogP contribution in [0.3, 0.4) is 0 Å². The second-order valence-corrected chi connectivity index (χ2v) is 5.69. The van der Waals surface area contributed by atoms with Crippen molar-refractivity contribution in [3.63, 3.8) is 0 Å². The number of hydrogen-bond donors (Lipinski definition) is 1. The zero-order chi connectivity index (χ0) is 14.4. The minimum atomic E-state index is -0.0475. The summed E-state index contributed by atoms with van der Waals surface area (Å²) in [6.45, 7) is 3.32. The van der Waals surface area contributed by atoms with Crippen LogP contribution in [0, 0.1) is 6.92 Å². The van der Waals surface area contributed by atoms with Gasteiger partial charge in [-0.2, -0.15) is 0 Å². The number of pyridine rings is 1. The van der Waals surface area contributed by atoms with Gasteiger partial charge in [0.1, 0.15) is 0 Å². The molecule has 0 aliphatic heterocycles. The van der Waals surface area contributed by atoms with E-state index in [0.29, 0.717) is 13.1 Å². The second-order valence-electron chi connectivity index (χ2n) is 4.69. The van der Waals surface area contributed by atoms with Crippen LogP contribution in [0.25, 0.3) is 0 Å². The first kappa shape index (κ1) is 14.5. The van der Waals surface area contributed by atoms with Crippen molar-refractivity contribution in [3.05, 3.63) is 52.0 Å². The quantitative estimate of drug-likeness (QED) is 0.920. The number of nitrogens with zero attached hydrogens (tertiary/aromatic N) is 2. The Morgan fingerprint density at radius 1 is 1.40 bits per heavy atom. The summed E-state index contributed by atoms with van der Waals surface area (Å²) < 4.78 is 0. The summed E-state index contributed by atoms with van der Waals surface area (Å²) in [5.74, 6) is 0. The fraction of sp³-hybridized carbons (Fsp3) is 0.333. The Kier molecular flexibility index (Phi) is 5.12. The predicted molar refractivity (Wildman–Crippen MR) is 81.9 cm³/mol. The van der Waals surface area contributed by atoms with Crippen molar-refractivity contribution in [1.29, 1.82) is 0 Å². The molecule has 0 aliphatic carbocycles. The molecular formula is C15H19N3OS. The molecule has 0 aromatic carbocycles. The highest BCUT2D eigenvalue weighted by atomic mass is 32.1. The lowest BCUT2D eigenvalue weighted by Crippen LogP contribution is -2.37. The highest BCUT2D eigenvalue weighted by molar-refractivity contribution is 7.10. The van der Waals surface area contributed by atoms with Gasteiger partial charge in [0.05, 0.1) is 6.54 Å². The summed E-state index contributed by atoms with van der Waals surface area (Å²) in [5.41, 5.74) is 2.23. The molecule has 5 heteroatoms. The lowest BCUT2D eigenvalue weighted by atomic mass is 10.3. The van der Waals surface area contributed by atoms with Crippen LogP contribution in [0.1, 0.15) is 16.1 Å². The third kappa shape index (κ3) is 4.06. The summed E-state index contributed by atoms with van der Waals surface area (Å²) in [5, 5.41) is 4.97. The summed E-state index contributed by atoms with van der Waals surface area (Å²) in [6.07, 6.45) is 2.52. The summed E-state index contributed by atoms with van der Waals surface area (Å²) in [7, 11) is 1.81. The lowest BCUT2D eigenvalue weighted by Gasteiger charge is -2.17. The van der Waals surface area contributed by atoms with E-state index in [1.807, 2.05) is 25.2 Å². The number of amides is 2. The van der Waals surface area contributed by atoms with Crippen LogP contribution in [0.5, 0.6) is 0 Å². The first-order valence-corrected chi connectivity index (χ1v) is 7.46. The Hall–Kier alpha value is -1.88. The minimum absolute atomic E-state index is 0.0475. The number of carbonyl (C=O) groups excluding carboxylic acids is 1. The number of carbonyl (C=O) groups is 1. The third-order valence-corrected chi connectivity index (χ3v) is 4.09. The van der Waals surface area contributed by atoms with Crippen LogP contribution in [0.15, 0.2) is 35.8 Å². The molecule has 0 unspecified atom stereocenters. The molecule has 106 valence electrons. The maximum Gasteiger partial charge on any atom is 0.317 e. The average Bonchev–Trinajstić information content (AvgIpc) is 2.85. The van der Waals surface area contributed by atoms with Crippen LogP contribution >= 0.6 is 11.3 Å². The Labute approximate surface area is 123 Å². The monoisotopic (exact) mass is 289 g/mol. The Morgan fingerprint density at radius 3 is 2.90 bits per heavy atom. The highest BCUT2D eigenvalue weighted by Gasteiger charge is 2.10. The zero-order valence-electron chi connectivity index (χ0n) is 11.8. The maximum atomic E-state index is 12.0. The first-order chi connectivity index (χ1) is 9.66. The van der Waals surface area contributed by atoms with Crippen LogP contribution in [-0.4, -0.2) is 29.5 Å². The van der Waals surface area contributed by atoms with Crippen molar-refractivity contribution in [1.82, 2.24) is 15.2 Å². The number of rotatable bonds is 5. The standard InChI is InChI=1S/C15H19N3OS/c1-12-7-10-20-14(12)11-18(2)15(19)17-9-6-13-5-3-4-8-16-13/h3-5,7-8,10H,6,9,11H2,1-2H3,(H,17,19). The Morgan fingerprint density at radius 2 is 2.25 bits per heavy atom. The van der Waals surface area contributed by atoms with Gasteiger partial charge in [-0.15, -0.1) is 11.3 Å². The van der Waals surface area contributed by atoms with E-state index in [0.717, 1.165) is 12.1 Å². The number of urea groups is 1. The molecular weight excluding hydrogens is 270 g/mol. The highest BCUT2D eigenvalue weighted by Crippen LogP contribution is 2.17. The fourth-order valence-corrected chi connectivity index (χ4v) is 2.79. The molecule has 20 heavy (non-hydrogen) atoms. The molecule has 2 aromatic heterocycles. The molecule has 4 nitrogen and oxygen atoms in total. The van der Waals surface area contributed by atoms with Gasteiger partial charge in [0.2, 0.25) is 0 Å². The molecule has 2 heterocycles. The normalized spacial score (nSPS) is 10.3. The van der Waals surface area contributed by atoms with Crippen LogP contribution < -0.4 is 5.32 Å². The molecule has 0 saturated carbocycles. The maximum absolute atomic E-state index is 12.0. The van der Waals surface area contributed by atoms with Crippen molar-refractivity contribution in [2.75, 3.05) is 13.6 Å².